The second-order valence-corrected chi connectivity index (χ2v) is 13.0. The molecule has 0 aromatic heterocycles. The number of aryl methyl sites for hydroxylation is 3. The average Bonchev–Trinajstić information content (AvgIpc) is 3.04. The molecule has 2 aromatic rings. The summed E-state index contributed by atoms with van der Waals surface area (Å²) < 4.78 is 57.9. The number of fused-ring (bicyclic) bond motifs is 1. The van der Waals surface area contributed by atoms with Crippen LogP contribution >= 0.6 is 15.9 Å². The van der Waals surface area contributed by atoms with Gasteiger partial charge in [0.1, 0.15) is 10.2 Å². The van der Waals surface area contributed by atoms with E-state index in [4.69, 9.17) is 5.11 Å². The second-order valence-electron chi connectivity index (χ2n) is 12.2. The van der Waals surface area contributed by atoms with Crippen molar-refractivity contribution in [3.8, 4) is 0 Å². The summed E-state index contributed by atoms with van der Waals surface area (Å²) in [6.07, 6.45) is 8.54. The van der Waals surface area contributed by atoms with Crippen LogP contribution in [0.25, 0.3) is 12.2 Å². The number of nitrogens with zero attached hydrogens (tertiary/aromatic N) is 2. The van der Waals surface area contributed by atoms with Crippen molar-refractivity contribution in [1.82, 2.24) is 0 Å². The monoisotopic (exact) mass is 716 g/mol. The van der Waals surface area contributed by atoms with Crippen molar-refractivity contribution < 1.29 is 36.8 Å². The van der Waals surface area contributed by atoms with Gasteiger partial charge < -0.3 is 19.6 Å². The zero-order valence-corrected chi connectivity index (χ0v) is 27.7. The summed E-state index contributed by atoms with van der Waals surface area (Å²) in [5.74, 6) is -2.01. The zero-order chi connectivity index (χ0) is 33.6. The minimum Gasteiger partial charge on any atom is -0.526 e. The number of carbonyl (C=O) groups excluding carboxylic acids is 1. The van der Waals surface area contributed by atoms with E-state index in [1.165, 1.54) is 29.0 Å². The summed E-state index contributed by atoms with van der Waals surface area (Å²) in [4.78, 5) is 28.5. The number of carbonyl (C=O) groups is 2. The fourth-order valence-corrected chi connectivity index (χ4v) is 6.95. The maximum atomic E-state index is 14.1. The molecule has 3 aliphatic rings. The molecule has 5 rings (SSSR count). The van der Waals surface area contributed by atoms with Crippen molar-refractivity contribution in [2.24, 2.45) is 0 Å². The van der Waals surface area contributed by atoms with Gasteiger partial charge in [-0.2, -0.15) is 13.2 Å². The van der Waals surface area contributed by atoms with Crippen molar-refractivity contribution in [1.29, 1.82) is 0 Å². The standard InChI is InChI=1S/C35H38BBrF4N2O4/c37-33(30(44)15-12-24-11-14-29-26(21-24)7-4-18-42(29)17-3-1-2-10-32(45)46)31(47-36(41)35(38,39)40)16-13-25-22-27-8-5-19-43-20-6-9-28(23-25)34(27)43/h11-16,21-23H,1-10,17-20H2,(H,45,46)/b15-12+,16-13+,33-31+. The maximum Gasteiger partial charge on any atom is 0.681 e. The summed E-state index contributed by atoms with van der Waals surface area (Å²) in [6, 6.07) is 9.82. The quantitative estimate of drug-likeness (QED) is 0.0562. The van der Waals surface area contributed by atoms with Crippen molar-refractivity contribution in [2.75, 3.05) is 36.0 Å². The number of carboxylic acid groups (broad SMARTS) is 1. The van der Waals surface area contributed by atoms with Crippen LogP contribution in [0.4, 0.5) is 28.9 Å². The molecule has 0 saturated carbocycles. The number of unbranched alkanes of at least 4 members (excludes halogenated alkanes) is 2. The molecule has 0 radical (unpaired) electrons. The fourth-order valence-electron chi connectivity index (χ4n) is 6.59. The Bertz CT molecular complexity index is 1540. The van der Waals surface area contributed by atoms with E-state index in [0.29, 0.717) is 6.42 Å². The van der Waals surface area contributed by atoms with E-state index in [0.717, 1.165) is 99.9 Å². The molecule has 3 heterocycles. The van der Waals surface area contributed by atoms with Gasteiger partial charge in [-0.05, 0) is 132 Å². The zero-order valence-electron chi connectivity index (χ0n) is 26.1. The Balaban J connectivity index is 1.32. The molecule has 0 saturated heterocycles. The third-order valence-corrected chi connectivity index (χ3v) is 9.55. The van der Waals surface area contributed by atoms with Gasteiger partial charge in [0, 0.05) is 44.0 Å². The Hall–Kier alpha value is -3.54. The topological polar surface area (TPSA) is 70.1 Å². The SMILES string of the molecule is O=C(O)CCCCCN1CCCc2cc(/C=C/C(=O)/C(Br)=C(/C=C/c3cc4c5c(c3)CCCN5CCC4)OB(F)C(F)(F)F)ccc21. The molecule has 12 heteroatoms. The van der Waals surface area contributed by atoms with E-state index in [-0.39, 0.29) is 10.9 Å². The number of ketones is 1. The highest BCUT2D eigenvalue weighted by atomic mass is 79.9. The van der Waals surface area contributed by atoms with E-state index >= 15 is 0 Å². The van der Waals surface area contributed by atoms with E-state index in [1.54, 1.807) is 12.2 Å². The summed E-state index contributed by atoms with van der Waals surface area (Å²) in [5.41, 5.74) is 7.32. The summed E-state index contributed by atoms with van der Waals surface area (Å²) in [5, 5.41) is 8.83. The van der Waals surface area contributed by atoms with E-state index in [2.05, 4.69) is 30.4 Å². The predicted octanol–water partition coefficient (Wildman–Crippen LogP) is 8.26. The van der Waals surface area contributed by atoms with Crippen LogP contribution in [0.1, 0.15) is 72.8 Å². The van der Waals surface area contributed by atoms with Gasteiger partial charge in [0.25, 0.3) is 0 Å². The number of hydrogen-bond donors (Lipinski definition) is 1. The Morgan fingerprint density at radius 2 is 1.53 bits per heavy atom. The second kappa shape index (κ2) is 15.6. The van der Waals surface area contributed by atoms with Crippen LogP contribution in [-0.4, -0.2) is 56.3 Å². The van der Waals surface area contributed by atoms with Crippen LogP contribution in [0.5, 0.6) is 0 Å². The molecule has 0 spiro atoms. The normalized spacial score (nSPS) is 16.6. The predicted molar refractivity (Wildman–Crippen MR) is 181 cm³/mol. The third-order valence-electron chi connectivity index (χ3n) is 8.77. The van der Waals surface area contributed by atoms with Crippen LogP contribution in [0.2, 0.25) is 0 Å². The van der Waals surface area contributed by atoms with E-state index in [1.807, 2.05) is 30.3 Å². The molecule has 6 nitrogen and oxygen atoms in total. The number of rotatable bonds is 13. The van der Waals surface area contributed by atoms with Gasteiger partial charge in [-0.3, -0.25) is 13.9 Å². The number of aliphatic carboxylic acids is 1. The van der Waals surface area contributed by atoms with Gasteiger partial charge in [0.2, 0.25) is 0 Å². The molecular weight excluding hydrogens is 679 g/mol. The third kappa shape index (κ3) is 9.09. The molecule has 0 fully saturated rings. The number of anilines is 2. The summed E-state index contributed by atoms with van der Waals surface area (Å²) in [6.45, 7) is 3.75. The van der Waals surface area contributed by atoms with Crippen LogP contribution in [0.15, 0.2) is 52.7 Å². The van der Waals surface area contributed by atoms with Crippen molar-refractivity contribution in [2.45, 2.75) is 70.3 Å². The Kier molecular flexibility index (Phi) is 11.5. The van der Waals surface area contributed by atoms with Gasteiger partial charge in [0.15, 0.2) is 5.78 Å². The maximum absolute atomic E-state index is 14.1. The molecule has 2 aromatic carbocycles. The van der Waals surface area contributed by atoms with Crippen LogP contribution in [-0.2, 0) is 33.5 Å². The largest absolute Gasteiger partial charge is 0.681 e. The Morgan fingerprint density at radius 1 is 0.894 bits per heavy atom. The molecule has 47 heavy (non-hydrogen) atoms. The van der Waals surface area contributed by atoms with Crippen molar-refractivity contribution in [3.63, 3.8) is 0 Å². The highest BCUT2D eigenvalue weighted by Gasteiger charge is 2.51. The highest BCUT2D eigenvalue weighted by molar-refractivity contribution is 9.12. The van der Waals surface area contributed by atoms with Gasteiger partial charge in [-0.1, -0.05) is 24.6 Å². The van der Waals surface area contributed by atoms with Gasteiger partial charge in [-0.25, -0.2) is 0 Å². The first-order valence-corrected chi connectivity index (χ1v) is 17.0. The molecule has 3 aliphatic heterocycles. The molecule has 0 unspecified atom stereocenters. The van der Waals surface area contributed by atoms with Gasteiger partial charge in [-0.15, -0.1) is 0 Å². The molecular formula is C35H38BBrF4N2O4. The summed E-state index contributed by atoms with van der Waals surface area (Å²) >= 11 is 3.09. The van der Waals surface area contributed by atoms with E-state index < -0.39 is 30.8 Å². The molecule has 0 bridgehead atoms. The lowest BCUT2D eigenvalue weighted by molar-refractivity contribution is -0.137. The van der Waals surface area contributed by atoms with Gasteiger partial charge in [0.05, 0.1) is 0 Å². The number of benzene rings is 2. The molecule has 1 N–H and O–H groups in total. The van der Waals surface area contributed by atoms with Crippen LogP contribution in [0.3, 0.4) is 0 Å². The van der Waals surface area contributed by atoms with Crippen LogP contribution < -0.4 is 9.80 Å². The first kappa shape index (κ1) is 34.8. The number of allylic oxidation sites excluding steroid dienone is 3. The molecule has 0 atom stereocenters. The number of halogens is 5. The minimum absolute atomic E-state index is 0.172. The first-order valence-electron chi connectivity index (χ1n) is 16.2. The van der Waals surface area contributed by atoms with Crippen molar-refractivity contribution >= 4 is 58.4 Å². The van der Waals surface area contributed by atoms with Crippen molar-refractivity contribution in [3.05, 3.63) is 80.5 Å². The lowest BCUT2D eigenvalue weighted by Crippen LogP contribution is -2.34. The minimum atomic E-state index is -5.26. The molecule has 250 valence electrons. The summed E-state index contributed by atoms with van der Waals surface area (Å²) in [7, 11) is -3.61. The first-order chi connectivity index (χ1) is 22.5. The van der Waals surface area contributed by atoms with Gasteiger partial charge >= 0.3 is 19.2 Å². The Labute approximate surface area is 281 Å². The van der Waals surface area contributed by atoms with Crippen LogP contribution in [0, 0.1) is 0 Å². The fraction of sp³-hybridized carbons (Fsp3) is 0.429. The number of carboxylic acids is 1. The average molecular weight is 717 g/mol. The lowest BCUT2D eigenvalue weighted by Gasteiger charge is -2.37. The number of alkyl halides is 3. The van der Waals surface area contributed by atoms with E-state index in [9.17, 15) is 27.1 Å². The molecule has 0 aliphatic carbocycles. The Morgan fingerprint density at radius 3 is 2.21 bits per heavy atom. The lowest BCUT2D eigenvalue weighted by atomic mass is 9.90. The molecule has 0 amide bonds. The number of hydrogen-bond acceptors (Lipinski definition) is 5. The highest BCUT2D eigenvalue weighted by Crippen LogP contribution is 2.37. The smallest absolute Gasteiger partial charge is 0.526 e.